The normalized spacial score (nSPS) is 17.7. The van der Waals surface area contributed by atoms with Crippen LogP contribution in [0.5, 0.6) is 0 Å². The van der Waals surface area contributed by atoms with Crippen LogP contribution in [0.1, 0.15) is 39.9 Å². The van der Waals surface area contributed by atoms with Gasteiger partial charge < -0.3 is 19.5 Å². The van der Waals surface area contributed by atoms with E-state index in [2.05, 4.69) is 40.6 Å². The van der Waals surface area contributed by atoms with Crippen molar-refractivity contribution in [2.24, 2.45) is 13.0 Å². The van der Waals surface area contributed by atoms with E-state index in [9.17, 15) is 26.3 Å². The van der Waals surface area contributed by atoms with E-state index < -0.39 is 24.3 Å². The second-order valence-corrected chi connectivity index (χ2v) is 10.0. The third-order valence-electron chi connectivity index (χ3n) is 5.33. The summed E-state index contributed by atoms with van der Waals surface area (Å²) in [6.45, 7) is 6.97. The van der Waals surface area contributed by atoms with Gasteiger partial charge in [-0.15, -0.1) is 11.3 Å². The molecule has 0 amide bonds. The van der Waals surface area contributed by atoms with Gasteiger partial charge in [0.1, 0.15) is 0 Å². The van der Waals surface area contributed by atoms with Crippen molar-refractivity contribution >= 4 is 23.3 Å². The molecule has 1 aliphatic heterocycles. The van der Waals surface area contributed by atoms with Crippen molar-refractivity contribution in [1.29, 1.82) is 0 Å². The predicted molar refractivity (Wildman–Crippen MR) is 120 cm³/mol. The first kappa shape index (κ1) is 30.6. The highest BCUT2D eigenvalue weighted by Crippen LogP contribution is 2.32. The summed E-state index contributed by atoms with van der Waals surface area (Å²) in [7, 11) is 2.11. The average molecular weight is 560 g/mol. The molecule has 0 bridgehead atoms. The molecule has 0 radical (unpaired) electrons. The summed E-state index contributed by atoms with van der Waals surface area (Å²) in [5.41, 5.74) is 2.60. The van der Waals surface area contributed by atoms with Crippen LogP contribution < -0.4 is 0 Å². The number of carbonyl (C=O) groups is 2. The molecule has 2 aromatic heterocycles. The van der Waals surface area contributed by atoms with Crippen molar-refractivity contribution in [3.63, 3.8) is 0 Å². The molecule has 1 saturated carbocycles. The molecule has 3 heterocycles. The van der Waals surface area contributed by atoms with Crippen LogP contribution in [-0.2, 0) is 34.5 Å². The molecular weight excluding hydrogens is 532 g/mol. The smallest absolute Gasteiger partial charge is 0.475 e. The SMILES string of the molecule is Cc1ccc(CN2Cc3ncn(C)c3C(COCC3CC3)C2)s1.O=C(O)C(F)(F)F.O=C(O)C(F)(F)F. The highest BCUT2D eigenvalue weighted by molar-refractivity contribution is 7.11. The van der Waals surface area contributed by atoms with Gasteiger partial charge in [-0.25, -0.2) is 14.6 Å². The number of imidazole rings is 1. The number of ether oxygens (including phenoxy) is 1. The number of aromatic nitrogens is 2. The van der Waals surface area contributed by atoms with Crippen LogP contribution in [0.3, 0.4) is 0 Å². The maximum atomic E-state index is 10.6. The van der Waals surface area contributed by atoms with Gasteiger partial charge in [0.05, 0.1) is 18.6 Å². The Balaban J connectivity index is 0.000000286. The fraction of sp³-hybridized carbons (Fsp3) is 0.591. The first-order chi connectivity index (χ1) is 17.1. The molecule has 0 aromatic carbocycles. The van der Waals surface area contributed by atoms with E-state index in [4.69, 9.17) is 24.5 Å². The molecular formula is C22H27F6N3O5S. The minimum absolute atomic E-state index is 0.436. The standard InChI is InChI=1S/C18H25N3OS.2C2HF3O2/c1-13-3-6-16(23-13)8-21-7-15(11-22-10-14-4-5-14)18-17(9-21)19-12-20(18)2;2*3-2(4,5)1(6)7/h3,6,12,14-15H,4-5,7-11H2,1-2H3;2*(H,6,7). The summed E-state index contributed by atoms with van der Waals surface area (Å²) in [6, 6.07) is 4.47. The highest BCUT2D eigenvalue weighted by atomic mass is 32.1. The van der Waals surface area contributed by atoms with Gasteiger partial charge >= 0.3 is 24.3 Å². The summed E-state index contributed by atoms with van der Waals surface area (Å²) in [6.07, 6.45) is -5.51. The van der Waals surface area contributed by atoms with E-state index in [-0.39, 0.29) is 0 Å². The van der Waals surface area contributed by atoms with Crippen molar-refractivity contribution in [1.82, 2.24) is 14.5 Å². The molecule has 37 heavy (non-hydrogen) atoms. The number of hydrogen-bond donors (Lipinski definition) is 2. The fourth-order valence-electron chi connectivity index (χ4n) is 3.51. The molecule has 208 valence electrons. The molecule has 8 nitrogen and oxygen atoms in total. The number of carboxylic acids is 2. The molecule has 4 rings (SSSR count). The quantitative estimate of drug-likeness (QED) is 0.499. The Hall–Kier alpha value is -2.65. The highest BCUT2D eigenvalue weighted by Gasteiger charge is 2.39. The number of hydrogen-bond acceptors (Lipinski definition) is 6. The van der Waals surface area contributed by atoms with Gasteiger partial charge in [-0.1, -0.05) is 0 Å². The number of aliphatic carboxylic acids is 2. The third-order valence-corrected chi connectivity index (χ3v) is 6.32. The summed E-state index contributed by atoms with van der Waals surface area (Å²) in [5, 5.41) is 14.2. The van der Waals surface area contributed by atoms with E-state index in [0.29, 0.717) is 5.92 Å². The molecule has 15 heteroatoms. The first-order valence-electron chi connectivity index (χ1n) is 11.0. The number of aryl methyl sites for hydroxylation is 2. The van der Waals surface area contributed by atoms with Crippen LogP contribution in [0.15, 0.2) is 18.5 Å². The van der Waals surface area contributed by atoms with Crippen molar-refractivity contribution in [3.8, 4) is 0 Å². The lowest BCUT2D eigenvalue weighted by atomic mass is 9.99. The van der Waals surface area contributed by atoms with Crippen molar-refractivity contribution < 1.29 is 50.9 Å². The van der Waals surface area contributed by atoms with Gasteiger partial charge in [0.25, 0.3) is 0 Å². The van der Waals surface area contributed by atoms with E-state index in [1.165, 1.54) is 34.0 Å². The van der Waals surface area contributed by atoms with Crippen LogP contribution in [0.2, 0.25) is 0 Å². The zero-order valence-electron chi connectivity index (χ0n) is 20.0. The number of nitrogens with zero attached hydrogens (tertiary/aromatic N) is 3. The topological polar surface area (TPSA) is 105 Å². The zero-order valence-corrected chi connectivity index (χ0v) is 20.8. The largest absolute Gasteiger partial charge is 0.490 e. The van der Waals surface area contributed by atoms with E-state index in [0.717, 1.165) is 38.8 Å². The van der Waals surface area contributed by atoms with Crippen molar-refractivity contribution in [2.45, 2.75) is 51.1 Å². The van der Waals surface area contributed by atoms with Crippen LogP contribution >= 0.6 is 11.3 Å². The van der Waals surface area contributed by atoms with E-state index in [1.54, 1.807) is 0 Å². The number of halogens is 6. The summed E-state index contributed by atoms with van der Waals surface area (Å²) in [4.78, 5) is 27.8. The lowest BCUT2D eigenvalue weighted by molar-refractivity contribution is -0.193. The second-order valence-electron chi connectivity index (χ2n) is 8.65. The van der Waals surface area contributed by atoms with Gasteiger partial charge in [0.15, 0.2) is 0 Å². The van der Waals surface area contributed by atoms with Crippen LogP contribution in [-0.4, -0.2) is 68.7 Å². The third kappa shape index (κ3) is 10.3. The summed E-state index contributed by atoms with van der Waals surface area (Å²) in [5.74, 6) is -4.25. The Bertz CT molecular complexity index is 1020. The number of thiophene rings is 1. The number of rotatable bonds is 6. The summed E-state index contributed by atoms with van der Waals surface area (Å²) >= 11 is 1.90. The molecule has 1 fully saturated rings. The lowest BCUT2D eigenvalue weighted by Gasteiger charge is -2.32. The molecule has 0 saturated heterocycles. The minimum Gasteiger partial charge on any atom is -0.475 e. The number of carboxylic acid groups (broad SMARTS) is 2. The second kappa shape index (κ2) is 12.7. The molecule has 1 aliphatic carbocycles. The minimum atomic E-state index is -5.08. The molecule has 2 aliphatic rings. The van der Waals surface area contributed by atoms with E-state index in [1.807, 2.05) is 17.7 Å². The van der Waals surface area contributed by atoms with Crippen LogP contribution in [0.25, 0.3) is 0 Å². The van der Waals surface area contributed by atoms with Gasteiger partial charge in [0.2, 0.25) is 0 Å². The zero-order chi connectivity index (χ0) is 28.0. The predicted octanol–water partition coefficient (Wildman–Crippen LogP) is 4.58. The Kier molecular flexibility index (Phi) is 10.5. The van der Waals surface area contributed by atoms with Gasteiger partial charge in [-0.2, -0.15) is 26.3 Å². The fourth-order valence-corrected chi connectivity index (χ4v) is 4.45. The molecule has 2 aromatic rings. The Morgan fingerprint density at radius 2 is 1.65 bits per heavy atom. The Morgan fingerprint density at radius 1 is 1.08 bits per heavy atom. The molecule has 0 spiro atoms. The maximum Gasteiger partial charge on any atom is 0.490 e. The first-order valence-corrected chi connectivity index (χ1v) is 11.8. The Morgan fingerprint density at radius 3 is 2.11 bits per heavy atom. The number of alkyl halides is 6. The monoisotopic (exact) mass is 559 g/mol. The maximum absolute atomic E-state index is 10.6. The average Bonchev–Trinajstić information content (AvgIpc) is 3.39. The number of fused-ring (bicyclic) bond motifs is 1. The van der Waals surface area contributed by atoms with Crippen molar-refractivity contribution in [3.05, 3.63) is 39.6 Å². The van der Waals surface area contributed by atoms with Crippen LogP contribution in [0, 0.1) is 12.8 Å². The van der Waals surface area contributed by atoms with Crippen LogP contribution in [0.4, 0.5) is 26.3 Å². The van der Waals surface area contributed by atoms with Crippen molar-refractivity contribution in [2.75, 3.05) is 19.8 Å². The van der Waals surface area contributed by atoms with Gasteiger partial charge in [-0.05, 0) is 37.8 Å². The van der Waals surface area contributed by atoms with E-state index >= 15 is 0 Å². The molecule has 1 atom stereocenters. The van der Waals surface area contributed by atoms with Gasteiger partial charge in [-0.3, -0.25) is 4.90 Å². The summed E-state index contributed by atoms with van der Waals surface area (Å²) < 4.78 is 71.7. The Labute approximate surface area is 212 Å². The lowest BCUT2D eigenvalue weighted by Crippen LogP contribution is -2.35. The van der Waals surface area contributed by atoms with Gasteiger partial charge in [0, 0.05) is 54.7 Å². The molecule has 2 N–H and O–H groups in total. The molecule has 1 unspecified atom stereocenters.